The van der Waals surface area contributed by atoms with Gasteiger partial charge in [-0.05, 0) is 61.3 Å². The molecule has 2 aliphatic rings. The van der Waals surface area contributed by atoms with E-state index in [4.69, 9.17) is 13.9 Å². The van der Waals surface area contributed by atoms with Gasteiger partial charge in [0, 0.05) is 18.8 Å². The maximum absolute atomic E-state index is 6.08. The van der Waals surface area contributed by atoms with Gasteiger partial charge in [-0.15, -0.1) is 10.2 Å². The van der Waals surface area contributed by atoms with Gasteiger partial charge >= 0.3 is 0 Å². The van der Waals surface area contributed by atoms with Crippen molar-refractivity contribution in [3.05, 3.63) is 30.7 Å². The maximum atomic E-state index is 6.08. The molecule has 0 amide bonds. The van der Waals surface area contributed by atoms with Crippen molar-refractivity contribution in [2.24, 2.45) is 11.3 Å². The summed E-state index contributed by atoms with van der Waals surface area (Å²) in [6, 6.07) is 7.87. The number of ether oxygens (including phenoxy) is 2. The Labute approximate surface area is 136 Å². The Balaban J connectivity index is 1.39. The van der Waals surface area contributed by atoms with Gasteiger partial charge in [-0.25, -0.2) is 0 Å². The first kappa shape index (κ1) is 14.7. The van der Waals surface area contributed by atoms with E-state index in [2.05, 4.69) is 10.2 Å². The molecular formula is C18H22N2O3. The fraction of sp³-hybridized carbons (Fsp3) is 0.556. The van der Waals surface area contributed by atoms with Crippen LogP contribution in [0.2, 0.25) is 0 Å². The van der Waals surface area contributed by atoms with Crippen LogP contribution in [0.1, 0.15) is 32.1 Å². The predicted octanol–water partition coefficient (Wildman–Crippen LogP) is 3.71. The highest BCUT2D eigenvalue weighted by atomic mass is 16.5. The van der Waals surface area contributed by atoms with Crippen molar-refractivity contribution in [3.63, 3.8) is 0 Å². The molecule has 1 unspecified atom stereocenters. The minimum Gasteiger partial charge on any atom is -0.493 e. The molecule has 1 aliphatic carbocycles. The van der Waals surface area contributed by atoms with Crippen molar-refractivity contribution < 1.29 is 13.9 Å². The zero-order valence-electron chi connectivity index (χ0n) is 13.2. The number of nitrogens with zero attached hydrogens (tertiary/aromatic N) is 2. The van der Waals surface area contributed by atoms with Crippen molar-refractivity contribution >= 4 is 0 Å². The lowest BCUT2D eigenvalue weighted by atomic mass is 9.72. The Bertz CT molecular complexity index is 618. The summed E-state index contributed by atoms with van der Waals surface area (Å²) < 4.78 is 16.8. The Morgan fingerprint density at radius 1 is 1.13 bits per heavy atom. The first-order chi connectivity index (χ1) is 11.4. The molecule has 122 valence electrons. The van der Waals surface area contributed by atoms with Crippen LogP contribution in [0.3, 0.4) is 0 Å². The van der Waals surface area contributed by atoms with Gasteiger partial charge in [-0.2, -0.15) is 0 Å². The third-order valence-electron chi connectivity index (χ3n) is 5.49. The van der Waals surface area contributed by atoms with Gasteiger partial charge in [0.05, 0.1) is 6.61 Å². The number of benzene rings is 1. The van der Waals surface area contributed by atoms with E-state index in [1.807, 2.05) is 24.3 Å². The Morgan fingerprint density at radius 2 is 1.96 bits per heavy atom. The number of hydrogen-bond donors (Lipinski definition) is 0. The lowest BCUT2D eigenvalue weighted by Crippen LogP contribution is -2.35. The van der Waals surface area contributed by atoms with Gasteiger partial charge in [-0.1, -0.05) is 6.42 Å². The Kier molecular flexibility index (Phi) is 4.04. The molecule has 0 bridgehead atoms. The molecule has 1 saturated heterocycles. The van der Waals surface area contributed by atoms with Crippen LogP contribution in [0.15, 0.2) is 35.1 Å². The predicted molar refractivity (Wildman–Crippen MR) is 85.1 cm³/mol. The van der Waals surface area contributed by atoms with Crippen LogP contribution in [-0.2, 0) is 4.74 Å². The van der Waals surface area contributed by atoms with Gasteiger partial charge < -0.3 is 13.9 Å². The molecule has 1 spiro atoms. The van der Waals surface area contributed by atoms with Crippen molar-refractivity contribution in [2.45, 2.75) is 32.1 Å². The Morgan fingerprint density at radius 3 is 2.70 bits per heavy atom. The van der Waals surface area contributed by atoms with Crippen molar-refractivity contribution in [2.75, 3.05) is 19.8 Å². The molecule has 2 fully saturated rings. The van der Waals surface area contributed by atoms with E-state index in [1.54, 1.807) is 0 Å². The molecule has 2 heterocycles. The summed E-state index contributed by atoms with van der Waals surface area (Å²) in [6.07, 6.45) is 7.66. The van der Waals surface area contributed by atoms with Crippen LogP contribution in [0, 0.1) is 11.3 Å². The highest BCUT2D eigenvalue weighted by Crippen LogP contribution is 2.50. The molecule has 23 heavy (non-hydrogen) atoms. The average Bonchev–Trinajstić information content (AvgIpc) is 3.25. The van der Waals surface area contributed by atoms with Crippen LogP contribution < -0.4 is 4.74 Å². The zero-order chi connectivity index (χ0) is 15.5. The van der Waals surface area contributed by atoms with E-state index in [0.29, 0.717) is 17.2 Å². The summed E-state index contributed by atoms with van der Waals surface area (Å²) in [5.74, 6) is 2.10. The van der Waals surface area contributed by atoms with Crippen molar-refractivity contribution in [1.29, 1.82) is 0 Å². The second-order valence-electron chi connectivity index (χ2n) is 6.64. The van der Waals surface area contributed by atoms with Crippen LogP contribution in [0.4, 0.5) is 0 Å². The molecule has 1 aromatic heterocycles. The second-order valence-corrected chi connectivity index (χ2v) is 6.64. The topological polar surface area (TPSA) is 57.4 Å². The fourth-order valence-corrected chi connectivity index (χ4v) is 4.10. The van der Waals surface area contributed by atoms with E-state index in [9.17, 15) is 0 Å². The van der Waals surface area contributed by atoms with Crippen LogP contribution in [0.5, 0.6) is 5.75 Å². The van der Waals surface area contributed by atoms with E-state index in [1.165, 1.54) is 38.5 Å². The third-order valence-corrected chi connectivity index (χ3v) is 5.49. The van der Waals surface area contributed by atoms with Crippen LogP contribution in [0.25, 0.3) is 11.5 Å². The standard InChI is InChI=1S/C18H22N2O3/c1-2-15(18(7-1)8-10-21-11-9-18)12-22-16-5-3-14(4-6-16)17-20-19-13-23-17/h3-6,13,15H,1-2,7-12H2. The van der Waals surface area contributed by atoms with Gasteiger partial charge in [-0.3, -0.25) is 0 Å². The molecular weight excluding hydrogens is 292 g/mol. The van der Waals surface area contributed by atoms with Crippen molar-refractivity contribution in [3.8, 4) is 17.2 Å². The van der Waals surface area contributed by atoms with Gasteiger partial charge in [0.1, 0.15) is 5.75 Å². The fourth-order valence-electron chi connectivity index (χ4n) is 4.10. The molecule has 1 atom stereocenters. The smallest absolute Gasteiger partial charge is 0.247 e. The lowest BCUT2D eigenvalue weighted by molar-refractivity contribution is -0.0160. The summed E-state index contributed by atoms with van der Waals surface area (Å²) in [5, 5.41) is 7.61. The molecule has 2 aromatic rings. The lowest BCUT2D eigenvalue weighted by Gasteiger charge is -2.38. The highest BCUT2D eigenvalue weighted by Gasteiger charge is 2.43. The van der Waals surface area contributed by atoms with E-state index in [-0.39, 0.29) is 0 Å². The molecule has 1 saturated carbocycles. The quantitative estimate of drug-likeness (QED) is 0.861. The summed E-state index contributed by atoms with van der Waals surface area (Å²) in [4.78, 5) is 0. The number of rotatable bonds is 4. The summed E-state index contributed by atoms with van der Waals surface area (Å²) >= 11 is 0. The first-order valence-corrected chi connectivity index (χ1v) is 8.43. The van der Waals surface area contributed by atoms with Gasteiger partial charge in [0.25, 0.3) is 0 Å². The maximum Gasteiger partial charge on any atom is 0.247 e. The van der Waals surface area contributed by atoms with Crippen LogP contribution in [-0.4, -0.2) is 30.0 Å². The summed E-state index contributed by atoms with van der Waals surface area (Å²) in [5.41, 5.74) is 1.37. The number of hydrogen-bond acceptors (Lipinski definition) is 5. The van der Waals surface area contributed by atoms with Gasteiger partial charge in [0.15, 0.2) is 0 Å². The van der Waals surface area contributed by atoms with E-state index >= 15 is 0 Å². The minimum absolute atomic E-state index is 0.460. The highest BCUT2D eigenvalue weighted by molar-refractivity contribution is 5.53. The van der Waals surface area contributed by atoms with Crippen molar-refractivity contribution in [1.82, 2.24) is 10.2 Å². The van der Waals surface area contributed by atoms with E-state index in [0.717, 1.165) is 31.1 Å². The zero-order valence-corrected chi connectivity index (χ0v) is 13.2. The van der Waals surface area contributed by atoms with Gasteiger partial charge in [0.2, 0.25) is 12.3 Å². The molecule has 4 rings (SSSR count). The third kappa shape index (κ3) is 2.98. The summed E-state index contributed by atoms with van der Waals surface area (Å²) in [7, 11) is 0. The normalized spacial score (nSPS) is 23.2. The second kappa shape index (κ2) is 6.32. The molecule has 0 radical (unpaired) electrons. The molecule has 5 nitrogen and oxygen atoms in total. The number of aromatic nitrogens is 2. The monoisotopic (exact) mass is 314 g/mol. The molecule has 1 aliphatic heterocycles. The summed E-state index contributed by atoms with van der Waals surface area (Å²) in [6.45, 7) is 2.63. The molecule has 0 N–H and O–H groups in total. The Hall–Kier alpha value is -1.88. The molecule has 5 heteroatoms. The SMILES string of the molecule is c1nnc(-c2ccc(OCC3CCCC34CCOCC4)cc2)o1. The van der Waals surface area contributed by atoms with E-state index < -0.39 is 0 Å². The molecule has 1 aromatic carbocycles. The van der Waals surface area contributed by atoms with Crippen LogP contribution >= 0.6 is 0 Å². The largest absolute Gasteiger partial charge is 0.493 e. The average molecular weight is 314 g/mol. The first-order valence-electron chi connectivity index (χ1n) is 8.43. The minimum atomic E-state index is 0.460.